The van der Waals surface area contributed by atoms with Crippen LogP contribution in [-0.2, 0) is 11.3 Å². The van der Waals surface area contributed by atoms with Crippen molar-refractivity contribution in [2.75, 3.05) is 20.3 Å². The average molecular weight is 291 g/mol. The van der Waals surface area contributed by atoms with Crippen LogP contribution in [-0.4, -0.2) is 26.4 Å². The third-order valence-corrected chi connectivity index (χ3v) is 4.39. The molecular formula is C18H29NO2. The number of hydrogen-bond donors (Lipinski definition) is 1. The number of methoxy groups -OCH3 is 1. The molecule has 1 N–H and O–H groups in total. The van der Waals surface area contributed by atoms with E-state index in [1.54, 1.807) is 7.11 Å². The Morgan fingerprint density at radius 3 is 2.62 bits per heavy atom. The summed E-state index contributed by atoms with van der Waals surface area (Å²) < 4.78 is 11.2. The standard InChI is InChI=1S/C18H29NO2/c1-3-16-6-4-5-7-18(16)21-17-10-8-15(9-11-17)14-19-12-13-20-2/h8-11,16,18-19H,3-7,12-14H2,1-2H3. The van der Waals surface area contributed by atoms with Gasteiger partial charge in [-0.25, -0.2) is 0 Å². The van der Waals surface area contributed by atoms with E-state index in [1.165, 1.54) is 37.7 Å². The average Bonchev–Trinajstić information content (AvgIpc) is 2.54. The van der Waals surface area contributed by atoms with Crippen LogP contribution in [0.4, 0.5) is 0 Å². The number of benzene rings is 1. The molecule has 21 heavy (non-hydrogen) atoms. The normalized spacial score (nSPS) is 22.2. The van der Waals surface area contributed by atoms with Crippen molar-refractivity contribution in [2.45, 2.75) is 51.7 Å². The highest BCUT2D eigenvalue weighted by Gasteiger charge is 2.25. The Kier molecular flexibility index (Phi) is 7.04. The first-order chi connectivity index (χ1) is 10.3. The van der Waals surface area contributed by atoms with Crippen LogP contribution in [0, 0.1) is 5.92 Å². The maximum absolute atomic E-state index is 6.22. The van der Waals surface area contributed by atoms with E-state index >= 15 is 0 Å². The van der Waals surface area contributed by atoms with E-state index in [-0.39, 0.29) is 0 Å². The van der Waals surface area contributed by atoms with Gasteiger partial charge in [-0.3, -0.25) is 0 Å². The molecule has 2 unspecified atom stereocenters. The van der Waals surface area contributed by atoms with Crippen molar-refractivity contribution < 1.29 is 9.47 Å². The van der Waals surface area contributed by atoms with Gasteiger partial charge in [-0.2, -0.15) is 0 Å². The molecule has 3 heteroatoms. The Labute approximate surface area is 129 Å². The zero-order chi connectivity index (χ0) is 14.9. The van der Waals surface area contributed by atoms with Crippen LogP contribution in [0.2, 0.25) is 0 Å². The number of nitrogens with one attached hydrogen (secondary N) is 1. The van der Waals surface area contributed by atoms with Crippen LogP contribution in [0.5, 0.6) is 5.75 Å². The SMILES string of the molecule is CCC1CCCCC1Oc1ccc(CNCCOC)cc1. The molecule has 0 radical (unpaired) electrons. The van der Waals surface area contributed by atoms with Gasteiger partial charge in [0.1, 0.15) is 11.9 Å². The highest BCUT2D eigenvalue weighted by molar-refractivity contribution is 5.27. The third-order valence-electron chi connectivity index (χ3n) is 4.39. The monoisotopic (exact) mass is 291 g/mol. The summed E-state index contributed by atoms with van der Waals surface area (Å²) in [6.07, 6.45) is 6.84. The molecule has 118 valence electrons. The summed E-state index contributed by atoms with van der Waals surface area (Å²) in [5.41, 5.74) is 1.29. The molecule has 1 aromatic carbocycles. The molecule has 1 aromatic rings. The minimum absolute atomic E-state index is 0.412. The smallest absolute Gasteiger partial charge is 0.119 e. The number of rotatable bonds is 8. The first-order valence-corrected chi connectivity index (χ1v) is 8.28. The predicted octanol–water partition coefficient (Wildman–Crippen LogP) is 3.77. The van der Waals surface area contributed by atoms with Crippen molar-refractivity contribution in [1.82, 2.24) is 5.32 Å². The molecule has 2 rings (SSSR count). The Balaban J connectivity index is 1.81. The van der Waals surface area contributed by atoms with Gasteiger partial charge in [0.25, 0.3) is 0 Å². The lowest BCUT2D eigenvalue weighted by molar-refractivity contribution is 0.0904. The summed E-state index contributed by atoms with van der Waals surface area (Å²) in [5, 5.41) is 3.35. The Morgan fingerprint density at radius 2 is 1.90 bits per heavy atom. The predicted molar refractivity (Wildman–Crippen MR) is 86.7 cm³/mol. The molecule has 0 bridgehead atoms. The third kappa shape index (κ3) is 5.33. The summed E-state index contributed by atoms with van der Waals surface area (Å²) in [5.74, 6) is 1.75. The van der Waals surface area contributed by atoms with Gasteiger partial charge in [0.15, 0.2) is 0 Å². The first-order valence-electron chi connectivity index (χ1n) is 8.28. The van der Waals surface area contributed by atoms with Crippen molar-refractivity contribution in [3.63, 3.8) is 0 Å². The van der Waals surface area contributed by atoms with Gasteiger partial charge in [-0.15, -0.1) is 0 Å². The fraction of sp³-hybridized carbons (Fsp3) is 0.667. The Morgan fingerprint density at radius 1 is 1.14 bits per heavy atom. The zero-order valence-corrected chi connectivity index (χ0v) is 13.4. The van der Waals surface area contributed by atoms with Gasteiger partial charge in [-0.05, 0) is 49.3 Å². The molecule has 1 aliphatic carbocycles. The van der Waals surface area contributed by atoms with E-state index in [0.717, 1.165) is 31.4 Å². The molecule has 1 fully saturated rings. The van der Waals surface area contributed by atoms with Gasteiger partial charge < -0.3 is 14.8 Å². The van der Waals surface area contributed by atoms with Crippen LogP contribution < -0.4 is 10.1 Å². The first kappa shape index (κ1) is 16.3. The maximum Gasteiger partial charge on any atom is 0.119 e. The molecule has 0 spiro atoms. The molecule has 1 aliphatic rings. The second-order valence-corrected chi connectivity index (χ2v) is 5.92. The largest absolute Gasteiger partial charge is 0.490 e. The molecule has 1 saturated carbocycles. The minimum atomic E-state index is 0.412. The molecular weight excluding hydrogens is 262 g/mol. The van der Waals surface area contributed by atoms with Crippen molar-refractivity contribution in [3.8, 4) is 5.75 Å². The van der Waals surface area contributed by atoms with E-state index in [0.29, 0.717) is 6.10 Å². The van der Waals surface area contributed by atoms with E-state index in [9.17, 15) is 0 Å². The van der Waals surface area contributed by atoms with Crippen molar-refractivity contribution in [3.05, 3.63) is 29.8 Å². The second-order valence-electron chi connectivity index (χ2n) is 5.92. The van der Waals surface area contributed by atoms with Crippen LogP contribution in [0.15, 0.2) is 24.3 Å². The highest BCUT2D eigenvalue weighted by Crippen LogP contribution is 2.30. The fourth-order valence-electron chi connectivity index (χ4n) is 3.06. The van der Waals surface area contributed by atoms with Crippen LogP contribution in [0.3, 0.4) is 0 Å². The van der Waals surface area contributed by atoms with Gasteiger partial charge in [0.2, 0.25) is 0 Å². The number of hydrogen-bond acceptors (Lipinski definition) is 3. The lowest BCUT2D eigenvalue weighted by Gasteiger charge is -2.31. The van der Waals surface area contributed by atoms with E-state index in [2.05, 4.69) is 36.5 Å². The summed E-state index contributed by atoms with van der Waals surface area (Å²) in [6.45, 7) is 4.79. The summed E-state index contributed by atoms with van der Waals surface area (Å²) >= 11 is 0. The second kappa shape index (κ2) is 9.06. The molecule has 2 atom stereocenters. The van der Waals surface area contributed by atoms with Crippen LogP contribution >= 0.6 is 0 Å². The van der Waals surface area contributed by atoms with Gasteiger partial charge in [0, 0.05) is 20.2 Å². The molecule has 0 heterocycles. The summed E-state index contributed by atoms with van der Waals surface area (Å²) in [7, 11) is 1.72. The molecule has 0 aliphatic heterocycles. The maximum atomic E-state index is 6.22. The Bertz CT molecular complexity index is 391. The van der Waals surface area contributed by atoms with Crippen molar-refractivity contribution >= 4 is 0 Å². The van der Waals surface area contributed by atoms with E-state index in [1.807, 2.05) is 0 Å². The fourth-order valence-corrected chi connectivity index (χ4v) is 3.06. The van der Waals surface area contributed by atoms with Crippen LogP contribution in [0.25, 0.3) is 0 Å². The van der Waals surface area contributed by atoms with Gasteiger partial charge in [-0.1, -0.05) is 25.5 Å². The van der Waals surface area contributed by atoms with Gasteiger partial charge >= 0.3 is 0 Å². The van der Waals surface area contributed by atoms with Gasteiger partial charge in [0.05, 0.1) is 6.61 Å². The van der Waals surface area contributed by atoms with Crippen molar-refractivity contribution in [1.29, 1.82) is 0 Å². The zero-order valence-electron chi connectivity index (χ0n) is 13.4. The van der Waals surface area contributed by atoms with Crippen molar-refractivity contribution in [2.24, 2.45) is 5.92 Å². The highest BCUT2D eigenvalue weighted by atomic mass is 16.5. The quantitative estimate of drug-likeness (QED) is 0.740. The molecule has 0 aromatic heterocycles. The number of ether oxygens (including phenoxy) is 2. The Hall–Kier alpha value is -1.06. The molecule has 0 saturated heterocycles. The van der Waals surface area contributed by atoms with E-state index < -0.39 is 0 Å². The summed E-state index contributed by atoms with van der Waals surface area (Å²) in [6, 6.07) is 8.52. The lowest BCUT2D eigenvalue weighted by Crippen LogP contribution is -2.29. The lowest BCUT2D eigenvalue weighted by atomic mass is 9.85. The van der Waals surface area contributed by atoms with Crippen LogP contribution in [0.1, 0.15) is 44.6 Å². The van der Waals surface area contributed by atoms with E-state index in [4.69, 9.17) is 9.47 Å². The topological polar surface area (TPSA) is 30.5 Å². The minimum Gasteiger partial charge on any atom is -0.490 e. The molecule has 0 amide bonds. The molecule has 3 nitrogen and oxygen atoms in total. The summed E-state index contributed by atoms with van der Waals surface area (Å²) in [4.78, 5) is 0.